The van der Waals surface area contributed by atoms with E-state index in [1.165, 1.54) is 23.6 Å². The summed E-state index contributed by atoms with van der Waals surface area (Å²) in [7, 11) is 0. The Labute approximate surface area is 186 Å². The van der Waals surface area contributed by atoms with Crippen molar-refractivity contribution in [1.82, 2.24) is 15.5 Å². The van der Waals surface area contributed by atoms with Gasteiger partial charge in [-0.15, -0.1) is 0 Å². The number of likely N-dealkylation sites (tertiary alicyclic amines) is 1. The Morgan fingerprint density at radius 1 is 1.06 bits per heavy atom. The Hall–Kier alpha value is -2.63. The average Bonchev–Trinajstić information content (AvgIpc) is 3.18. The van der Waals surface area contributed by atoms with Crippen LogP contribution in [0.15, 0.2) is 29.8 Å². The maximum absolute atomic E-state index is 13.2. The number of hydrogen-bond acceptors (Lipinski definition) is 3. The van der Waals surface area contributed by atoms with Crippen LogP contribution in [0, 0.1) is 5.41 Å². The number of hydrogen-bond donors (Lipinski definition) is 2. The van der Waals surface area contributed by atoms with Gasteiger partial charge in [0.05, 0.1) is 0 Å². The second-order valence-corrected chi connectivity index (χ2v) is 9.73. The maximum Gasteiger partial charge on any atom is 0.246 e. The van der Waals surface area contributed by atoms with Crippen molar-refractivity contribution in [3.8, 4) is 0 Å². The molecular formula is C25H37N3O3. The molecule has 0 bridgehead atoms. The van der Waals surface area contributed by atoms with E-state index in [1.807, 2.05) is 32.9 Å². The van der Waals surface area contributed by atoms with Crippen LogP contribution in [0.2, 0.25) is 0 Å². The fourth-order valence-electron chi connectivity index (χ4n) is 3.79. The van der Waals surface area contributed by atoms with Crippen LogP contribution >= 0.6 is 0 Å². The van der Waals surface area contributed by atoms with E-state index in [9.17, 15) is 14.4 Å². The van der Waals surface area contributed by atoms with Crippen molar-refractivity contribution in [2.45, 2.75) is 79.9 Å². The highest BCUT2D eigenvalue weighted by molar-refractivity contribution is 5.92. The minimum atomic E-state index is -0.663. The molecule has 31 heavy (non-hydrogen) atoms. The molecular weight excluding hydrogens is 390 g/mol. The van der Waals surface area contributed by atoms with Gasteiger partial charge in [-0.05, 0) is 55.7 Å². The van der Waals surface area contributed by atoms with Crippen molar-refractivity contribution >= 4 is 23.3 Å². The van der Waals surface area contributed by atoms with Gasteiger partial charge in [-0.25, -0.2) is 0 Å². The molecule has 2 atom stereocenters. The molecule has 0 spiro atoms. The molecule has 1 fully saturated rings. The predicted octanol–water partition coefficient (Wildman–Crippen LogP) is 3.66. The van der Waals surface area contributed by atoms with Gasteiger partial charge in [0.2, 0.25) is 17.7 Å². The molecule has 1 heterocycles. The molecule has 0 aromatic heterocycles. The normalized spacial score (nSPS) is 17.1. The lowest BCUT2D eigenvalue weighted by Gasteiger charge is -2.35. The zero-order valence-corrected chi connectivity index (χ0v) is 20.0. The molecule has 2 unspecified atom stereocenters. The van der Waals surface area contributed by atoms with Crippen LogP contribution in [0.1, 0.15) is 72.4 Å². The van der Waals surface area contributed by atoms with Gasteiger partial charge in [0.1, 0.15) is 12.1 Å². The van der Waals surface area contributed by atoms with Crippen LogP contribution in [0.5, 0.6) is 0 Å². The summed E-state index contributed by atoms with van der Waals surface area (Å²) in [6.45, 7) is 14.4. The Kier molecular flexibility index (Phi) is 8.04. The van der Waals surface area contributed by atoms with E-state index in [1.54, 1.807) is 4.90 Å². The van der Waals surface area contributed by atoms with Gasteiger partial charge < -0.3 is 15.5 Å². The lowest BCUT2D eigenvalue weighted by Crippen LogP contribution is -2.57. The molecule has 0 radical (unpaired) electrons. The number of carbonyl (C=O) groups is 3. The molecule has 3 amide bonds. The molecule has 0 saturated carbocycles. The van der Waals surface area contributed by atoms with E-state index in [-0.39, 0.29) is 17.7 Å². The lowest BCUT2D eigenvalue weighted by molar-refractivity contribution is -0.143. The van der Waals surface area contributed by atoms with Crippen LogP contribution in [-0.2, 0) is 20.9 Å². The quantitative estimate of drug-likeness (QED) is 0.727. The van der Waals surface area contributed by atoms with Gasteiger partial charge in [-0.1, -0.05) is 50.6 Å². The Bertz CT molecular complexity index is 846. The van der Waals surface area contributed by atoms with E-state index in [0.717, 1.165) is 12.0 Å². The van der Waals surface area contributed by atoms with E-state index in [4.69, 9.17) is 0 Å². The van der Waals surface area contributed by atoms with E-state index >= 15 is 0 Å². The molecule has 0 aliphatic carbocycles. The number of nitrogens with zero attached hydrogens (tertiary/aromatic N) is 1. The summed E-state index contributed by atoms with van der Waals surface area (Å²) in [5, 5.41) is 5.75. The third kappa shape index (κ3) is 6.42. The molecule has 1 aliphatic heterocycles. The van der Waals surface area contributed by atoms with Gasteiger partial charge in [0, 0.05) is 20.0 Å². The number of carbonyl (C=O) groups excluding carboxylic acids is 3. The van der Waals surface area contributed by atoms with Gasteiger partial charge in [-0.3, -0.25) is 14.4 Å². The first-order chi connectivity index (χ1) is 14.4. The summed E-state index contributed by atoms with van der Waals surface area (Å²) in [5.41, 5.74) is 4.27. The first kappa shape index (κ1) is 24.6. The number of benzene rings is 1. The summed E-state index contributed by atoms with van der Waals surface area (Å²) in [6, 6.07) is 7.01. The molecule has 1 aliphatic rings. The van der Waals surface area contributed by atoms with Crippen LogP contribution in [0.4, 0.5) is 0 Å². The highest BCUT2D eigenvalue weighted by Crippen LogP contribution is 2.26. The van der Waals surface area contributed by atoms with Crippen LogP contribution in [0.25, 0.3) is 5.57 Å². The van der Waals surface area contributed by atoms with Crippen LogP contribution < -0.4 is 10.6 Å². The van der Waals surface area contributed by atoms with Crippen molar-refractivity contribution in [3.05, 3.63) is 41.0 Å². The molecule has 2 N–H and O–H groups in total. The fraction of sp³-hybridized carbons (Fsp3) is 0.560. The SMILES string of the molecule is CC(=O)NC(C(=O)N1CCCC1C(=O)NCc1ccc(C(C)=C(C)C)cc1)C(C)(C)C. The maximum atomic E-state index is 13.2. The molecule has 1 aromatic carbocycles. The summed E-state index contributed by atoms with van der Waals surface area (Å²) in [6.07, 6.45) is 1.41. The second-order valence-electron chi connectivity index (χ2n) is 9.73. The molecule has 6 nitrogen and oxygen atoms in total. The zero-order valence-electron chi connectivity index (χ0n) is 20.0. The summed E-state index contributed by atoms with van der Waals surface area (Å²) in [5.74, 6) is -0.590. The Balaban J connectivity index is 2.05. The van der Waals surface area contributed by atoms with Gasteiger partial charge in [0.25, 0.3) is 0 Å². The fourth-order valence-corrected chi connectivity index (χ4v) is 3.79. The minimum Gasteiger partial charge on any atom is -0.350 e. The van der Waals surface area contributed by atoms with Gasteiger partial charge >= 0.3 is 0 Å². The third-order valence-corrected chi connectivity index (χ3v) is 5.90. The van der Waals surface area contributed by atoms with Gasteiger partial charge in [0.15, 0.2) is 0 Å². The number of amides is 3. The lowest BCUT2D eigenvalue weighted by atomic mass is 9.85. The summed E-state index contributed by atoms with van der Waals surface area (Å²) >= 11 is 0. The monoisotopic (exact) mass is 427 g/mol. The van der Waals surface area contributed by atoms with Gasteiger partial charge in [-0.2, -0.15) is 0 Å². The molecule has 6 heteroatoms. The minimum absolute atomic E-state index is 0.147. The summed E-state index contributed by atoms with van der Waals surface area (Å²) < 4.78 is 0. The first-order valence-electron chi connectivity index (χ1n) is 11.0. The highest BCUT2D eigenvalue weighted by Gasteiger charge is 2.41. The standard InChI is InChI=1S/C25H37N3O3/c1-16(2)17(3)20-12-10-19(11-13-20)15-26-23(30)21-9-8-14-28(21)24(31)22(25(5,6)7)27-18(4)29/h10-13,21-22H,8-9,14-15H2,1-7H3,(H,26,30)(H,27,29). The van der Waals surface area contributed by atoms with E-state index in [0.29, 0.717) is 19.5 Å². The molecule has 1 saturated heterocycles. The largest absolute Gasteiger partial charge is 0.350 e. The van der Waals surface area contributed by atoms with Crippen LogP contribution in [-0.4, -0.2) is 41.2 Å². The number of nitrogens with one attached hydrogen (secondary N) is 2. The number of allylic oxidation sites excluding steroid dienone is 2. The van der Waals surface area contributed by atoms with E-state index in [2.05, 4.69) is 43.5 Å². The van der Waals surface area contributed by atoms with Crippen molar-refractivity contribution in [1.29, 1.82) is 0 Å². The smallest absolute Gasteiger partial charge is 0.246 e. The van der Waals surface area contributed by atoms with Crippen molar-refractivity contribution in [2.24, 2.45) is 5.41 Å². The average molecular weight is 428 g/mol. The Morgan fingerprint density at radius 2 is 1.68 bits per heavy atom. The highest BCUT2D eigenvalue weighted by atomic mass is 16.2. The second kappa shape index (κ2) is 10.1. The molecule has 1 aromatic rings. The van der Waals surface area contributed by atoms with Crippen molar-refractivity contribution in [3.63, 3.8) is 0 Å². The third-order valence-electron chi connectivity index (χ3n) is 5.90. The van der Waals surface area contributed by atoms with Crippen molar-refractivity contribution in [2.75, 3.05) is 6.54 Å². The topological polar surface area (TPSA) is 78.5 Å². The summed E-state index contributed by atoms with van der Waals surface area (Å²) in [4.78, 5) is 39.4. The predicted molar refractivity (Wildman–Crippen MR) is 124 cm³/mol. The van der Waals surface area contributed by atoms with Crippen molar-refractivity contribution < 1.29 is 14.4 Å². The molecule has 170 valence electrons. The van der Waals surface area contributed by atoms with Crippen LogP contribution in [0.3, 0.4) is 0 Å². The molecule has 2 rings (SSSR count). The van der Waals surface area contributed by atoms with E-state index < -0.39 is 17.5 Å². The first-order valence-corrected chi connectivity index (χ1v) is 11.0. The number of rotatable bonds is 6. The Morgan fingerprint density at radius 3 is 2.19 bits per heavy atom. The zero-order chi connectivity index (χ0) is 23.3.